The Hall–Kier alpha value is -1.83. The third-order valence-corrected chi connectivity index (χ3v) is 2.57. The van der Waals surface area contributed by atoms with Crippen LogP contribution >= 0.6 is 0 Å². The second-order valence-electron chi connectivity index (χ2n) is 3.98. The first-order valence-corrected chi connectivity index (χ1v) is 5.90. The Morgan fingerprint density at radius 3 is 2.53 bits per heavy atom. The molecule has 0 saturated heterocycles. The van der Waals surface area contributed by atoms with Gasteiger partial charge in [0, 0.05) is 5.56 Å². The van der Waals surface area contributed by atoms with Crippen LogP contribution in [0.3, 0.4) is 0 Å². The van der Waals surface area contributed by atoms with Crippen LogP contribution in [0.4, 0.5) is 0 Å². The van der Waals surface area contributed by atoms with Crippen molar-refractivity contribution in [3.05, 3.63) is 59.9 Å². The van der Waals surface area contributed by atoms with E-state index in [4.69, 9.17) is 5.73 Å². The van der Waals surface area contributed by atoms with Gasteiger partial charge >= 0.3 is 0 Å². The van der Waals surface area contributed by atoms with Crippen LogP contribution in [0.2, 0.25) is 0 Å². The molecular weight excluding hydrogens is 208 g/mol. The minimum Gasteiger partial charge on any atom is -0.384 e. The van der Waals surface area contributed by atoms with E-state index in [1.54, 1.807) is 6.08 Å². The van der Waals surface area contributed by atoms with Gasteiger partial charge in [0.2, 0.25) is 0 Å². The number of rotatable bonds is 5. The maximum atomic E-state index is 5.96. The molecule has 1 aromatic carbocycles. The highest BCUT2D eigenvalue weighted by Gasteiger charge is 2.00. The number of aliphatic imine (C=N–C) groups is 1. The molecule has 0 aliphatic carbocycles. The summed E-state index contributed by atoms with van der Waals surface area (Å²) in [7, 11) is 0. The summed E-state index contributed by atoms with van der Waals surface area (Å²) in [6.45, 7) is 7.94. The van der Waals surface area contributed by atoms with Crippen LogP contribution in [0, 0.1) is 0 Å². The average molecular weight is 228 g/mol. The molecule has 0 unspecified atom stereocenters. The van der Waals surface area contributed by atoms with E-state index >= 15 is 0 Å². The van der Waals surface area contributed by atoms with Crippen LogP contribution in [0.5, 0.6) is 0 Å². The van der Waals surface area contributed by atoms with Crippen molar-refractivity contribution in [1.82, 2.24) is 0 Å². The fourth-order valence-corrected chi connectivity index (χ4v) is 1.57. The molecule has 17 heavy (non-hydrogen) atoms. The SMILES string of the molecule is C=C/C(=N\C(N)=C(/C)CCC)c1ccccc1. The first kappa shape index (κ1) is 13.2. The number of hydrogen-bond acceptors (Lipinski definition) is 2. The molecule has 1 rings (SSSR count). The second kappa shape index (κ2) is 6.69. The third-order valence-electron chi connectivity index (χ3n) is 2.57. The number of hydrogen-bond donors (Lipinski definition) is 1. The molecule has 0 aliphatic heterocycles. The van der Waals surface area contributed by atoms with E-state index in [9.17, 15) is 0 Å². The molecule has 90 valence electrons. The molecule has 2 heteroatoms. The molecular formula is C15H20N2. The van der Waals surface area contributed by atoms with E-state index < -0.39 is 0 Å². The summed E-state index contributed by atoms with van der Waals surface area (Å²) >= 11 is 0. The minimum absolute atomic E-state index is 0.602. The van der Waals surface area contributed by atoms with Crippen molar-refractivity contribution in [1.29, 1.82) is 0 Å². The van der Waals surface area contributed by atoms with Gasteiger partial charge < -0.3 is 5.73 Å². The van der Waals surface area contributed by atoms with Crippen molar-refractivity contribution in [2.75, 3.05) is 0 Å². The van der Waals surface area contributed by atoms with Crippen molar-refractivity contribution >= 4 is 5.71 Å². The summed E-state index contributed by atoms with van der Waals surface area (Å²) < 4.78 is 0. The summed E-state index contributed by atoms with van der Waals surface area (Å²) in [5, 5.41) is 0. The van der Waals surface area contributed by atoms with Crippen molar-refractivity contribution in [2.24, 2.45) is 10.7 Å². The lowest BCUT2D eigenvalue weighted by molar-refractivity contribution is 0.882. The van der Waals surface area contributed by atoms with Gasteiger partial charge in [-0.3, -0.25) is 0 Å². The van der Waals surface area contributed by atoms with Crippen molar-refractivity contribution < 1.29 is 0 Å². The van der Waals surface area contributed by atoms with Crippen molar-refractivity contribution in [3.8, 4) is 0 Å². The fourth-order valence-electron chi connectivity index (χ4n) is 1.57. The van der Waals surface area contributed by atoms with Gasteiger partial charge in [0.1, 0.15) is 5.82 Å². The summed E-state index contributed by atoms with van der Waals surface area (Å²) in [6, 6.07) is 9.94. The summed E-state index contributed by atoms with van der Waals surface area (Å²) in [5.41, 5.74) is 8.94. The lowest BCUT2D eigenvalue weighted by Gasteiger charge is -2.05. The van der Waals surface area contributed by atoms with Crippen LogP contribution in [0.1, 0.15) is 32.3 Å². The normalized spacial score (nSPS) is 13.2. The van der Waals surface area contributed by atoms with E-state index in [0.717, 1.165) is 29.7 Å². The molecule has 0 fully saturated rings. The van der Waals surface area contributed by atoms with Crippen LogP contribution in [-0.2, 0) is 0 Å². The first-order valence-electron chi connectivity index (χ1n) is 5.90. The second-order valence-corrected chi connectivity index (χ2v) is 3.98. The topological polar surface area (TPSA) is 38.4 Å². The summed E-state index contributed by atoms with van der Waals surface area (Å²) in [4.78, 5) is 4.44. The van der Waals surface area contributed by atoms with E-state index in [-0.39, 0.29) is 0 Å². The van der Waals surface area contributed by atoms with Gasteiger partial charge in [-0.25, -0.2) is 4.99 Å². The van der Waals surface area contributed by atoms with Crippen LogP contribution in [0.25, 0.3) is 0 Å². The lowest BCUT2D eigenvalue weighted by Crippen LogP contribution is -2.04. The lowest BCUT2D eigenvalue weighted by atomic mass is 10.1. The average Bonchev–Trinajstić information content (AvgIpc) is 2.37. The minimum atomic E-state index is 0.602. The first-order chi connectivity index (χ1) is 8.19. The molecule has 0 radical (unpaired) electrons. The molecule has 0 atom stereocenters. The predicted octanol–water partition coefficient (Wildman–Crippen LogP) is 3.65. The van der Waals surface area contributed by atoms with Gasteiger partial charge in [-0.05, 0) is 25.0 Å². The van der Waals surface area contributed by atoms with Crippen molar-refractivity contribution in [2.45, 2.75) is 26.7 Å². The van der Waals surface area contributed by atoms with Crippen molar-refractivity contribution in [3.63, 3.8) is 0 Å². The molecule has 2 nitrogen and oxygen atoms in total. The Morgan fingerprint density at radius 2 is 2.00 bits per heavy atom. The molecule has 0 aliphatic rings. The van der Waals surface area contributed by atoms with Gasteiger partial charge in [0.15, 0.2) is 0 Å². The molecule has 0 aromatic heterocycles. The maximum absolute atomic E-state index is 5.96. The maximum Gasteiger partial charge on any atom is 0.122 e. The van der Waals surface area contributed by atoms with Crippen LogP contribution in [-0.4, -0.2) is 5.71 Å². The molecule has 0 bridgehead atoms. The zero-order valence-corrected chi connectivity index (χ0v) is 10.6. The Balaban J connectivity index is 3.03. The number of benzene rings is 1. The highest BCUT2D eigenvalue weighted by Crippen LogP contribution is 2.10. The van der Waals surface area contributed by atoms with E-state index in [2.05, 4.69) is 18.5 Å². The largest absolute Gasteiger partial charge is 0.384 e. The van der Waals surface area contributed by atoms with Crippen LogP contribution < -0.4 is 5.73 Å². The quantitative estimate of drug-likeness (QED) is 0.767. The Morgan fingerprint density at radius 1 is 1.35 bits per heavy atom. The molecule has 0 heterocycles. The number of nitrogens with zero attached hydrogens (tertiary/aromatic N) is 1. The Labute approximate surface area is 104 Å². The van der Waals surface area contributed by atoms with E-state index in [1.807, 2.05) is 37.3 Å². The fraction of sp³-hybridized carbons (Fsp3) is 0.267. The molecule has 1 aromatic rings. The third kappa shape index (κ3) is 3.91. The Bertz CT molecular complexity index is 427. The number of nitrogens with two attached hydrogens (primary N) is 1. The monoisotopic (exact) mass is 228 g/mol. The highest BCUT2D eigenvalue weighted by atomic mass is 14.9. The number of allylic oxidation sites excluding steroid dienone is 2. The zero-order valence-electron chi connectivity index (χ0n) is 10.6. The standard InChI is InChI=1S/C15H20N2/c1-4-9-12(3)15(16)17-14(5-2)13-10-7-6-8-11-13/h5-8,10-11H,2,4,9,16H2,1,3H3/b15-12+,17-14+. The molecule has 0 saturated carbocycles. The Kier molecular flexibility index (Phi) is 5.21. The van der Waals surface area contributed by atoms with Crippen LogP contribution in [0.15, 0.2) is 59.4 Å². The van der Waals surface area contributed by atoms with E-state index in [0.29, 0.717) is 5.82 Å². The highest BCUT2D eigenvalue weighted by molar-refractivity contribution is 6.08. The summed E-state index contributed by atoms with van der Waals surface area (Å²) in [5.74, 6) is 0.602. The van der Waals surface area contributed by atoms with Gasteiger partial charge in [0.05, 0.1) is 5.71 Å². The molecule has 0 spiro atoms. The van der Waals surface area contributed by atoms with Gasteiger partial charge in [-0.15, -0.1) is 0 Å². The van der Waals surface area contributed by atoms with Gasteiger partial charge in [-0.1, -0.05) is 50.3 Å². The predicted molar refractivity (Wildman–Crippen MR) is 75.0 cm³/mol. The molecule has 2 N–H and O–H groups in total. The molecule has 0 amide bonds. The van der Waals surface area contributed by atoms with Gasteiger partial charge in [-0.2, -0.15) is 0 Å². The smallest absolute Gasteiger partial charge is 0.122 e. The zero-order chi connectivity index (χ0) is 12.7. The van der Waals surface area contributed by atoms with E-state index in [1.165, 1.54) is 0 Å². The van der Waals surface area contributed by atoms with Gasteiger partial charge in [0.25, 0.3) is 0 Å². The summed E-state index contributed by atoms with van der Waals surface area (Å²) in [6.07, 6.45) is 3.80.